The monoisotopic (exact) mass is 350 g/mol. The predicted octanol–water partition coefficient (Wildman–Crippen LogP) is 3.56. The molecule has 25 heavy (non-hydrogen) atoms. The van der Waals surface area contributed by atoms with Gasteiger partial charge < -0.3 is 4.52 Å². The number of aromatic nitrogens is 1. The highest BCUT2D eigenvalue weighted by atomic mass is 19.2. The van der Waals surface area contributed by atoms with E-state index in [9.17, 15) is 18.0 Å². The van der Waals surface area contributed by atoms with Crippen LogP contribution >= 0.6 is 0 Å². The Balaban J connectivity index is 2.24. The number of carbonyl (C=O) groups excluding carboxylic acids is 1. The number of rotatable bonds is 4. The number of nitrogens with one attached hydrogen (secondary N) is 1. The number of halogens is 3. The summed E-state index contributed by atoms with van der Waals surface area (Å²) in [6.45, 7) is 5.54. The summed E-state index contributed by atoms with van der Waals surface area (Å²) in [6.07, 6.45) is 0. The van der Waals surface area contributed by atoms with Gasteiger partial charge >= 0.3 is 0 Å². The first-order chi connectivity index (χ1) is 11.6. The number of nitriles is 1. The van der Waals surface area contributed by atoms with Crippen molar-refractivity contribution in [3.63, 3.8) is 0 Å². The Morgan fingerprint density at radius 2 is 1.84 bits per heavy atom. The van der Waals surface area contributed by atoms with Gasteiger partial charge in [0, 0.05) is 23.6 Å². The zero-order valence-electron chi connectivity index (χ0n) is 13.5. The fraction of sp³-hybridized carbons (Fsp3) is 0.250. The summed E-state index contributed by atoms with van der Waals surface area (Å²) < 4.78 is 44.2. The second kappa shape index (κ2) is 6.76. The molecule has 1 aromatic heterocycles. The van der Waals surface area contributed by atoms with Gasteiger partial charge in [0.25, 0.3) is 0 Å². The lowest BCUT2D eigenvalue weighted by Crippen LogP contribution is -2.15. The van der Waals surface area contributed by atoms with Crippen LogP contribution in [0.2, 0.25) is 0 Å². The van der Waals surface area contributed by atoms with Crippen LogP contribution < -0.4 is 5.43 Å². The Morgan fingerprint density at radius 3 is 2.32 bits per heavy atom. The number of nitrogens with zero attached hydrogens (tertiary/aromatic N) is 3. The first kappa shape index (κ1) is 18.2. The number of hydrazone groups is 1. The Hall–Kier alpha value is -3.15. The van der Waals surface area contributed by atoms with Gasteiger partial charge in [-0.3, -0.25) is 10.2 Å². The average molecular weight is 350 g/mol. The van der Waals surface area contributed by atoms with Gasteiger partial charge in [0.05, 0.1) is 5.69 Å². The van der Waals surface area contributed by atoms with Crippen molar-refractivity contribution in [3.8, 4) is 6.07 Å². The molecule has 0 fully saturated rings. The molecule has 1 aromatic carbocycles. The molecule has 0 unspecified atom stereocenters. The van der Waals surface area contributed by atoms with Crippen molar-refractivity contribution in [2.75, 3.05) is 5.43 Å². The van der Waals surface area contributed by atoms with Gasteiger partial charge in [0.1, 0.15) is 11.8 Å². The molecule has 0 spiro atoms. The molecular formula is C16H13F3N4O2. The first-order valence-electron chi connectivity index (χ1n) is 7.03. The molecule has 2 aromatic rings. The molecule has 0 amide bonds. The molecule has 0 radical (unpaired) electrons. The maximum absolute atomic E-state index is 13.1. The van der Waals surface area contributed by atoms with E-state index in [1.54, 1.807) is 6.07 Å². The molecule has 0 aliphatic rings. The summed E-state index contributed by atoms with van der Waals surface area (Å²) in [5.74, 6) is -4.91. The SMILES string of the molecule is CC(C)(C)c1cc(C(=O)/C(C#N)=N/Nc2cc(F)c(F)c(F)c2)no1. The molecule has 130 valence electrons. The Bertz CT molecular complexity index is 869. The van der Waals surface area contributed by atoms with E-state index in [1.165, 1.54) is 6.07 Å². The van der Waals surface area contributed by atoms with Crippen molar-refractivity contribution in [2.45, 2.75) is 26.2 Å². The quantitative estimate of drug-likeness (QED) is 0.394. The number of anilines is 1. The van der Waals surface area contributed by atoms with Crippen molar-refractivity contribution in [1.29, 1.82) is 5.26 Å². The van der Waals surface area contributed by atoms with Crippen LogP contribution in [-0.4, -0.2) is 16.7 Å². The molecule has 6 nitrogen and oxygen atoms in total. The standard InChI is InChI=1S/C16H13F3N4O2/c1-16(2,3)13-6-11(23-25-13)15(24)12(7-20)22-21-8-4-9(17)14(19)10(18)5-8/h4-6,21H,1-3H3/b22-12+. The molecule has 1 N–H and O–H groups in total. The minimum atomic E-state index is -1.64. The topological polar surface area (TPSA) is 91.3 Å². The van der Waals surface area contributed by atoms with Crippen molar-refractivity contribution >= 4 is 17.2 Å². The first-order valence-corrected chi connectivity index (χ1v) is 7.03. The summed E-state index contributed by atoms with van der Waals surface area (Å²) in [4.78, 5) is 12.2. The maximum Gasteiger partial charge on any atom is 0.245 e. The molecule has 0 saturated carbocycles. The van der Waals surface area contributed by atoms with Crippen LogP contribution in [0.4, 0.5) is 18.9 Å². The van der Waals surface area contributed by atoms with E-state index < -0.39 is 34.4 Å². The Labute approximate surface area is 140 Å². The second-order valence-electron chi connectivity index (χ2n) is 6.09. The molecule has 9 heteroatoms. The summed E-state index contributed by atoms with van der Waals surface area (Å²) in [6, 6.07) is 4.20. The molecule has 1 heterocycles. The van der Waals surface area contributed by atoms with Gasteiger partial charge in [-0.1, -0.05) is 25.9 Å². The molecule has 2 rings (SSSR count). The molecule has 0 aliphatic heterocycles. The lowest BCUT2D eigenvalue weighted by atomic mass is 9.93. The summed E-state index contributed by atoms with van der Waals surface area (Å²) in [7, 11) is 0. The molecule has 0 saturated heterocycles. The van der Waals surface area contributed by atoms with E-state index in [2.05, 4.69) is 15.7 Å². The predicted molar refractivity (Wildman–Crippen MR) is 82.5 cm³/mol. The van der Waals surface area contributed by atoms with Crippen molar-refractivity contribution < 1.29 is 22.5 Å². The third-order valence-corrected chi connectivity index (χ3v) is 3.08. The van der Waals surface area contributed by atoms with Crippen molar-refractivity contribution in [2.24, 2.45) is 5.10 Å². The zero-order valence-corrected chi connectivity index (χ0v) is 13.5. The Kier molecular flexibility index (Phi) is 4.92. The third kappa shape index (κ3) is 4.03. The molecule has 0 bridgehead atoms. The van der Waals surface area contributed by atoms with Crippen LogP contribution in [0, 0.1) is 28.8 Å². The molecule has 0 atom stereocenters. The van der Waals surface area contributed by atoms with Crippen LogP contribution in [-0.2, 0) is 5.41 Å². The molecule has 0 aliphatic carbocycles. The van der Waals surface area contributed by atoms with Gasteiger partial charge in [-0.25, -0.2) is 13.2 Å². The minimum Gasteiger partial charge on any atom is -0.360 e. The highest BCUT2D eigenvalue weighted by Crippen LogP contribution is 2.23. The zero-order chi connectivity index (χ0) is 18.8. The number of benzene rings is 1. The van der Waals surface area contributed by atoms with E-state index in [0.717, 1.165) is 0 Å². The summed E-state index contributed by atoms with van der Waals surface area (Å²) >= 11 is 0. The van der Waals surface area contributed by atoms with E-state index in [1.807, 2.05) is 20.8 Å². The van der Waals surface area contributed by atoms with Crippen molar-refractivity contribution in [1.82, 2.24) is 5.16 Å². The smallest absolute Gasteiger partial charge is 0.245 e. The number of carbonyl (C=O) groups is 1. The van der Waals surface area contributed by atoms with Crippen LogP contribution in [0.25, 0.3) is 0 Å². The lowest BCUT2D eigenvalue weighted by molar-refractivity contribution is 0.105. The number of hydrogen-bond acceptors (Lipinski definition) is 6. The number of hydrogen-bond donors (Lipinski definition) is 1. The highest BCUT2D eigenvalue weighted by molar-refractivity contribution is 6.51. The van der Waals surface area contributed by atoms with E-state index >= 15 is 0 Å². The normalized spacial score (nSPS) is 12.0. The van der Waals surface area contributed by atoms with Crippen molar-refractivity contribution in [3.05, 3.63) is 47.1 Å². The van der Waals surface area contributed by atoms with E-state index in [4.69, 9.17) is 9.78 Å². The highest BCUT2D eigenvalue weighted by Gasteiger charge is 2.24. The summed E-state index contributed by atoms with van der Waals surface area (Å²) in [5.41, 5.74) is 0.721. The van der Waals surface area contributed by atoms with Gasteiger partial charge in [-0.05, 0) is 0 Å². The second-order valence-corrected chi connectivity index (χ2v) is 6.09. The number of Topliss-reactive ketones (excluding diaryl/α,β-unsaturated/α-hetero) is 1. The summed E-state index contributed by atoms with van der Waals surface area (Å²) in [5, 5.41) is 16.1. The molecular weight excluding hydrogens is 337 g/mol. The number of ketones is 1. The van der Waals surface area contributed by atoms with Gasteiger partial charge in [-0.2, -0.15) is 10.4 Å². The van der Waals surface area contributed by atoms with E-state index in [0.29, 0.717) is 17.9 Å². The van der Waals surface area contributed by atoms with Gasteiger partial charge in [-0.15, -0.1) is 0 Å². The van der Waals surface area contributed by atoms with E-state index in [-0.39, 0.29) is 11.4 Å². The fourth-order valence-corrected chi connectivity index (χ4v) is 1.72. The van der Waals surface area contributed by atoms with Crippen LogP contribution in [0.3, 0.4) is 0 Å². The van der Waals surface area contributed by atoms with Crippen LogP contribution in [0.5, 0.6) is 0 Å². The fourth-order valence-electron chi connectivity index (χ4n) is 1.72. The maximum atomic E-state index is 13.1. The largest absolute Gasteiger partial charge is 0.360 e. The van der Waals surface area contributed by atoms with Gasteiger partial charge in [0.15, 0.2) is 23.1 Å². The van der Waals surface area contributed by atoms with Gasteiger partial charge in [0.2, 0.25) is 11.5 Å². The average Bonchev–Trinajstić information content (AvgIpc) is 3.03. The lowest BCUT2D eigenvalue weighted by Gasteiger charge is -2.11. The Morgan fingerprint density at radius 1 is 1.24 bits per heavy atom. The third-order valence-electron chi connectivity index (χ3n) is 3.08. The minimum absolute atomic E-state index is 0.136. The van der Waals surface area contributed by atoms with Crippen LogP contribution in [0.15, 0.2) is 27.8 Å². The van der Waals surface area contributed by atoms with Crippen LogP contribution in [0.1, 0.15) is 37.0 Å².